The minimum Gasteiger partial charge on any atom is -0.345 e. The van der Waals surface area contributed by atoms with E-state index < -0.39 is 6.04 Å². The van der Waals surface area contributed by atoms with Crippen molar-refractivity contribution in [3.8, 4) is 0 Å². The van der Waals surface area contributed by atoms with E-state index in [0.717, 1.165) is 23.0 Å². The Labute approximate surface area is 156 Å². The van der Waals surface area contributed by atoms with Gasteiger partial charge in [-0.15, -0.1) is 0 Å². The average molecular weight is 369 g/mol. The van der Waals surface area contributed by atoms with Crippen LogP contribution in [0.2, 0.25) is 0 Å². The maximum absolute atomic E-state index is 12.7. The Morgan fingerprint density at radius 1 is 1.15 bits per heavy atom. The molecule has 2 fully saturated rings. The minimum absolute atomic E-state index is 0.0279. The Morgan fingerprint density at radius 2 is 1.96 bits per heavy atom. The summed E-state index contributed by atoms with van der Waals surface area (Å²) < 4.78 is 0. The first-order valence-corrected chi connectivity index (χ1v) is 9.38. The number of carbonyl (C=O) groups is 3. The molecule has 2 aliphatic heterocycles. The molecule has 1 atom stereocenters. The fourth-order valence-electron chi connectivity index (χ4n) is 3.79. The number of benzene rings is 1. The number of hydrogen-bond donors (Lipinski definition) is 2. The van der Waals surface area contributed by atoms with Crippen LogP contribution < -0.4 is 5.32 Å². The summed E-state index contributed by atoms with van der Waals surface area (Å²) in [6.07, 6.45) is 3.70. The minimum atomic E-state index is -0.402. The van der Waals surface area contributed by atoms with Crippen LogP contribution in [0.25, 0.3) is 11.0 Å². The Bertz CT molecular complexity index is 877. The molecule has 0 radical (unpaired) electrons. The fraction of sp³-hybridized carbons (Fsp3) is 0.474. The number of H-pyrrole nitrogens is 1. The molecule has 1 aromatic carbocycles. The number of fused-ring (bicyclic) bond motifs is 1. The van der Waals surface area contributed by atoms with Crippen LogP contribution in [0.15, 0.2) is 24.5 Å². The molecule has 3 heterocycles. The molecule has 4 rings (SSSR count). The SMILES string of the molecule is O=C1CCC(C(=O)N2CCCN(C(=O)Cc3ccc4nc[nH]c4c3)CC2)N1. The van der Waals surface area contributed by atoms with Gasteiger partial charge in [-0.2, -0.15) is 0 Å². The van der Waals surface area contributed by atoms with Gasteiger partial charge in [0, 0.05) is 32.6 Å². The van der Waals surface area contributed by atoms with Gasteiger partial charge in [0.1, 0.15) is 6.04 Å². The van der Waals surface area contributed by atoms with Crippen LogP contribution in [0.1, 0.15) is 24.8 Å². The third-order valence-electron chi connectivity index (χ3n) is 5.29. The van der Waals surface area contributed by atoms with Gasteiger partial charge in [0.15, 0.2) is 0 Å². The lowest BCUT2D eigenvalue weighted by Gasteiger charge is -2.24. The van der Waals surface area contributed by atoms with Crippen molar-refractivity contribution in [3.05, 3.63) is 30.1 Å². The second-order valence-corrected chi connectivity index (χ2v) is 7.15. The van der Waals surface area contributed by atoms with Gasteiger partial charge in [0.25, 0.3) is 0 Å². The molecule has 0 bridgehead atoms. The van der Waals surface area contributed by atoms with E-state index in [1.54, 1.807) is 11.2 Å². The number of hydrogen-bond acceptors (Lipinski definition) is 4. The number of rotatable bonds is 3. The van der Waals surface area contributed by atoms with Crippen molar-refractivity contribution in [2.75, 3.05) is 26.2 Å². The van der Waals surface area contributed by atoms with E-state index in [1.807, 2.05) is 23.1 Å². The second-order valence-electron chi connectivity index (χ2n) is 7.15. The van der Waals surface area contributed by atoms with Crippen molar-refractivity contribution in [2.24, 2.45) is 0 Å². The van der Waals surface area contributed by atoms with Crippen LogP contribution in [0.4, 0.5) is 0 Å². The van der Waals surface area contributed by atoms with E-state index in [-0.39, 0.29) is 17.7 Å². The van der Waals surface area contributed by atoms with Crippen molar-refractivity contribution in [2.45, 2.75) is 31.7 Å². The Hall–Kier alpha value is -2.90. The van der Waals surface area contributed by atoms with Gasteiger partial charge >= 0.3 is 0 Å². The summed E-state index contributed by atoms with van der Waals surface area (Å²) >= 11 is 0. The van der Waals surface area contributed by atoms with Crippen LogP contribution in [-0.2, 0) is 20.8 Å². The topological polar surface area (TPSA) is 98.4 Å². The molecular weight excluding hydrogens is 346 g/mol. The molecule has 8 heteroatoms. The van der Waals surface area contributed by atoms with Gasteiger partial charge in [-0.3, -0.25) is 14.4 Å². The third kappa shape index (κ3) is 3.79. The lowest BCUT2D eigenvalue weighted by atomic mass is 10.1. The summed E-state index contributed by atoms with van der Waals surface area (Å²) in [6.45, 7) is 2.30. The first kappa shape index (κ1) is 17.5. The van der Waals surface area contributed by atoms with Crippen molar-refractivity contribution in [3.63, 3.8) is 0 Å². The summed E-state index contributed by atoms with van der Waals surface area (Å²) in [6, 6.07) is 5.39. The lowest BCUT2D eigenvalue weighted by Crippen LogP contribution is -2.46. The zero-order valence-electron chi connectivity index (χ0n) is 15.1. The molecule has 2 aliphatic rings. The summed E-state index contributed by atoms with van der Waals surface area (Å²) in [5, 5.41) is 2.73. The van der Waals surface area contributed by atoms with Gasteiger partial charge < -0.3 is 20.1 Å². The molecule has 27 heavy (non-hydrogen) atoms. The van der Waals surface area contributed by atoms with Crippen molar-refractivity contribution < 1.29 is 14.4 Å². The van der Waals surface area contributed by atoms with E-state index in [1.165, 1.54) is 0 Å². The lowest BCUT2D eigenvalue weighted by molar-refractivity contribution is -0.135. The average Bonchev–Trinajstić information content (AvgIpc) is 3.22. The molecule has 0 aliphatic carbocycles. The van der Waals surface area contributed by atoms with Crippen LogP contribution in [0.5, 0.6) is 0 Å². The zero-order valence-corrected chi connectivity index (χ0v) is 15.1. The van der Waals surface area contributed by atoms with E-state index in [2.05, 4.69) is 15.3 Å². The third-order valence-corrected chi connectivity index (χ3v) is 5.29. The van der Waals surface area contributed by atoms with E-state index in [4.69, 9.17) is 0 Å². The molecule has 1 aromatic heterocycles. The summed E-state index contributed by atoms with van der Waals surface area (Å²) in [7, 11) is 0. The first-order chi connectivity index (χ1) is 13.1. The molecular formula is C19H23N5O3. The molecule has 1 unspecified atom stereocenters. The maximum atomic E-state index is 12.7. The molecule has 3 amide bonds. The van der Waals surface area contributed by atoms with Gasteiger partial charge in [0.2, 0.25) is 17.7 Å². The summed E-state index contributed by atoms with van der Waals surface area (Å²) in [4.78, 5) is 47.5. The quantitative estimate of drug-likeness (QED) is 0.820. The highest BCUT2D eigenvalue weighted by Crippen LogP contribution is 2.15. The highest BCUT2D eigenvalue weighted by Gasteiger charge is 2.32. The smallest absolute Gasteiger partial charge is 0.245 e. The van der Waals surface area contributed by atoms with Gasteiger partial charge in [0.05, 0.1) is 23.8 Å². The van der Waals surface area contributed by atoms with Crippen LogP contribution in [0.3, 0.4) is 0 Å². The number of amides is 3. The van der Waals surface area contributed by atoms with E-state index >= 15 is 0 Å². The molecule has 0 saturated carbocycles. The number of aromatic amines is 1. The number of nitrogens with zero attached hydrogens (tertiary/aromatic N) is 3. The highest BCUT2D eigenvalue weighted by molar-refractivity contribution is 5.91. The Balaban J connectivity index is 1.35. The fourth-order valence-corrected chi connectivity index (χ4v) is 3.79. The Morgan fingerprint density at radius 3 is 2.78 bits per heavy atom. The molecule has 2 N–H and O–H groups in total. The second kappa shape index (κ2) is 7.38. The van der Waals surface area contributed by atoms with Crippen molar-refractivity contribution in [1.29, 1.82) is 0 Å². The number of carbonyl (C=O) groups excluding carboxylic acids is 3. The number of imidazole rings is 1. The zero-order chi connectivity index (χ0) is 18.8. The van der Waals surface area contributed by atoms with Crippen molar-refractivity contribution in [1.82, 2.24) is 25.1 Å². The van der Waals surface area contributed by atoms with Gasteiger partial charge in [-0.25, -0.2) is 4.98 Å². The number of nitrogens with one attached hydrogen (secondary N) is 2. The number of aromatic nitrogens is 2. The van der Waals surface area contributed by atoms with Crippen LogP contribution >= 0.6 is 0 Å². The standard InChI is InChI=1S/C19H23N5O3/c25-17-5-4-15(22-17)19(27)24-7-1-6-23(8-9-24)18(26)11-13-2-3-14-16(10-13)21-12-20-14/h2-3,10,12,15H,1,4-9,11H2,(H,20,21)(H,22,25). The Kier molecular flexibility index (Phi) is 4.79. The normalized spacial score (nSPS) is 20.6. The monoisotopic (exact) mass is 369 g/mol. The molecule has 8 nitrogen and oxygen atoms in total. The predicted molar refractivity (Wildman–Crippen MR) is 98.7 cm³/mol. The maximum Gasteiger partial charge on any atom is 0.245 e. The van der Waals surface area contributed by atoms with Crippen molar-refractivity contribution >= 4 is 28.8 Å². The summed E-state index contributed by atoms with van der Waals surface area (Å²) in [5.41, 5.74) is 2.75. The molecule has 2 aromatic rings. The predicted octanol–water partition coefficient (Wildman–Crippen LogP) is 0.445. The highest BCUT2D eigenvalue weighted by atomic mass is 16.2. The largest absolute Gasteiger partial charge is 0.345 e. The van der Waals surface area contributed by atoms with Gasteiger partial charge in [-0.1, -0.05) is 6.07 Å². The molecule has 0 spiro atoms. The first-order valence-electron chi connectivity index (χ1n) is 9.38. The van der Waals surface area contributed by atoms with Gasteiger partial charge in [-0.05, 0) is 30.5 Å². The van der Waals surface area contributed by atoms with E-state index in [9.17, 15) is 14.4 Å². The summed E-state index contributed by atoms with van der Waals surface area (Å²) in [5.74, 6) is -0.0219. The van der Waals surface area contributed by atoms with Crippen LogP contribution in [-0.4, -0.2) is 69.7 Å². The molecule has 2 saturated heterocycles. The van der Waals surface area contributed by atoms with E-state index in [0.29, 0.717) is 45.4 Å². The van der Waals surface area contributed by atoms with Crippen LogP contribution in [0, 0.1) is 0 Å². The molecule has 142 valence electrons.